The summed E-state index contributed by atoms with van der Waals surface area (Å²) in [7, 11) is 2.15. The molecule has 2 unspecified atom stereocenters. The summed E-state index contributed by atoms with van der Waals surface area (Å²) in [4.78, 5) is 2.36. The molecule has 2 aliphatic rings. The molecule has 0 aliphatic carbocycles. The van der Waals surface area contributed by atoms with Gasteiger partial charge in [-0.2, -0.15) is 0 Å². The van der Waals surface area contributed by atoms with Crippen molar-refractivity contribution in [3.8, 4) is 11.5 Å². The van der Waals surface area contributed by atoms with Crippen LogP contribution in [0.15, 0.2) is 18.2 Å². The Hall–Kier alpha value is -1.26. The number of ether oxygens (including phenoxy) is 2. The molecule has 2 atom stereocenters. The monoisotopic (exact) mass is 234 g/mol. The van der Waals surface area contributed by atoms with Gasteiger partial charge in [0.25, 0.3) is 0 Å². The fraction of sp³-hybridized carbons (Fsp3) is 0.538. The van der Waals surface area contributed by atoms with Crippen LogP contribution >= 0.6 is 0 Å². The molecule has 3 rings (SSSR count). The number of nitrogens with two attached hydrogens (primary N) is 1. The first kappa shape index (κ1) is 10.9. The minimum Gasteiger partial charge on any atom is -0.454 e. The molecule has 4 heteroatoms. The highest BCUT2D eigenvalue weighted by Crippen LogP contribution is 2.44. The molecule has 0 radical (unpaired) electrons. The molecule has 0 spiro atoms. The Kier molecular flexibility index (Phi) is 2.68. The highest BCUT2D eigenvalue weighted by Gasteiger charge is 2.33. The number of rotatable bonds is 2. The minimum absolute atomic E-state index is 0.336. The number of hydrogen-bond acceptors (Lipinski definition) is 4. The molecular weight excluding hydrogens is 216 g/mol. The molecular formula is C13H18N2O2. The maximum Gasteiger partial charge on any atom is 0.231 e. The molecule has 1 aromatic rings. The number of benzene rings is 1. The van der Waals surface area contributed by atoms with E-state index in [1.165, 1.54) is 5.56 Å². The minimum atomic E-state index is 0.336. The SMILES string of the molecule is CN1CC(CN)CC1c1cccc2c1OCO2. The standard InChI is InChI=1S/C13H18N2O2/c1-15-7-9(6-14)5-11(15)10-3-2-4-12-13(10)17-8-16-12/h2-4,9,11H,5-8,14H2,1H3. The molecule has 1 fully saturated rings. The lowest BCUT2D eigenvalue weighted by molar-refractivity contribution is 0.171. The molecule has 1 saturated heterocycles. The Morgan fingerprint density at radius 2 is 2.29 bits per heavy atom. The van der Waals surface area contributed by atoms with E-state index in [4.69, 9.17) is 15.2 Å². The lowest BCUT2D eigenvalue weighted by Gasteiger charge is -2.20. The molecule has 2 heterocycles. The van der Waals surface area contributed by atoms with Gasteiger partial charge in [-0.15, -0.1) is 0 Å². The van der Waals surface area contributed by atoms with Crippen LogP contribution in [0.5, 0.6) is 11.5 Å². The Bertz CT molecular complexity index is 422. The van der Waals surface area contributed by atoms with E-state index in [0.29, 0.717) is 18.8 Å². The molecule has 0 amide bonds. The molecule has 0 saturated carbocycles. The molecule has 92 valence electrons. The van der Waals surface area contributed by atoms with Crippen molar-refractivity contribution in [2.24, 2.45) is 11.7 Å². The van der Waals surface area contributed by atoms with Crippen LogP contribution in [0, 0.1) is 5.92 Å². The molecule has 0 aromatic heterocycles. The summed E-state index contributed by atoms with van der Waals surface area (Å²) in [5, 5.41) is 0. The van der Waals surface area contributed by atoms with E-state index in [2.05, 4.69) is 18.0 Å². The average Bonchev–Trinajstić information content (AvgIpc) is 2.94. The number of hydrogen-bond donors (Lipinski definition) is 1. The Morgan fingerprint density at radius 1 is 1.41 bits per heavy atom. The van der Waals surface area contributed by atoms with Crippen molar-refractivity contribution in [2.75, 3.05) is 26.9 Å². The smallest absolute Gasteiger partial charge is 0.231 e. The van der Waals surface area contributed by atoms with Gasteiger partial charge >= 0.3 is 0 Å². The van der Waals surface area contributed by atoms with Gasteiger partial charge in [-0.1, -0.05) is 12.1 Å². The van der Waals surface area contributed by atoms with Gasteiger partial charge in [-0.25, -0.2) is 0 Å². The van der Waals surface area contributed by atoms with Crippen LogP contribution in [-0.2, 0) is 0 Å². The summed E-state index contributed by atoms with van der Waals surface area (Å²) >= 11 is 0. The van der Waals surface area contributed by atoms with Crippen molar-refractivity contribution in [3.63, 3.8) is 0 Å². The number of fused-ring (bicyclic) bond motifs is 1. The lowest BCUT2D eigenvalue weighted by atomic mass is 9.99. The second-order valence-corrected chi connectivity index (χ2v) is 4.87. The quantitative estimate of drug-likeness (QED) is 0.839. The van der Waals surface area contributed by atoms with Crippen molar-refractivity contribution in [2.45, 2.75) is 12.5 Å². The first-order valence-electron chi connectivity index (χ1n) is 6.08. The summed E-state index contributed by atoms with van der Waals surface area (Å²) in [6.07, 6.45) is 1.10. The maximum atomic E-state index is 5.77. The first-order valence-corrected chi connectivity index (χ1v) is 6.08. The van der Waals surface area contributed by atoms with Gasteiger partial charge in [0.05, 0.1) is 0 Å². The summed E-state index contributed by atoms with van der Waals surface area (Å²) in [6.45, 7) is 2.15. The van der Waals surface area contributed by atoms with Crippen molar-refractivity contribution >= 4 is 0 Å². The van der Waals surface area contributed by atoms with E-state index in [1.54, 1.807) is 0 Å². The van der Waals surface area contributed by atoms with Crippen LogP contribution in [0.3, 0.4) is 0 Å². The van der Waals surface area contributed by atoms with Crippen molar-refractivity contribution in [3.05, 3.63) is 23.8 Å². The number of para-hydroxylation sites is 1. The highest BCUT2D eigenvalue weighted by atomic mass is 16.7. The van der Waals surface area contributed by atoms with Crippen LogP contribution in [0.25, 0.3) is 0 Å². The average molecular weight is 234 g/mol. The van der Waals surface area contributed by atoms with Gasteiger partial charge < -0.3 is 15.2 Å². The Balaban J connectivity index is 1.92. The van der Waals surface area contributed by atoms with Crippen molar-refractivity contribution < 1.29 is 9.47 Å². The van der Waals surface area contributed by atoms with Gasteiger partial charge in [-0.3, -0.25) is 4.90 Å². The third kappa shape index (κ3) is 1.77. The molecule has 4 nitrogen and oxygen atoms in total. The van der Waals surface area contributed by atoms with E-state index in [9.17, 15) is 0 Å². The molecule has 2 N–H and O–H groups in total. The normalized spacial score (nSPS) is 27.6. The Morgan fingerprint density at radius 3 is 3.06 bits per heavy atom. The van der Waals surface area contributed by atoms with E-state index in [1.807, 2.05) is 12.1 Å². The largest absolute Gasteiger partial charge is 0.454 e. The van der Waals surface area contributed by atoms with Crippen LogP contribution < -0.4 is 15.2 Å². The zero-order chi connectivity index (χ0) is 11.8. The second-order valence-electron chi connectivity index (χ2n) is 4.87. The second kappa shape index (κ2) is 4.20. The summed E-state index contributed by atoms with van der Waals surface area (Å²) in [5.74, 6) is 2.37. The third-order valence-corrected chi connectivity index (χ3v) is 3.75. The fourth-order valence-electron chi connectivity index (χ4n) is 2.86. The topological polar surface area (TPSA) is 47.7 Å². The van der Waals surface area contributed by atoms with Crippen LogP contribution in [0.2, 0.25) is 0 Å². The van der Waals surface area contributed by atoms with E-state index >= 15 is 0 Å². The number of nitrogens with zero attached hydrogens (tertiary/aromatic N) is 1. The van der Waals surface area contributed by atoms with Gasteiger partial charge in [-0.05, 0) is 32.0 Å². The predicted molar refractivity (Wildman–Crippen MR) is 65.1 cm³/mol. The van der Waals surface area contributed by atoms with Crippen molar-refractivity contribution in [1.29, 1.82) is 0 Å². The van der Waals surface area contributed by atoms with Crippen LogP contribution in [-0.4, -0.2) is 31.8 Å². The van der Waals surface area contributed by atoms with Crippen LogP contribution in [0.4, 0.5) is 0 Å². The molecule has 1 aromatic carbocycles. The van der Waals surface area contributed by atoms with Gasteiger partial charge in [0.15, 0.2) is 11.5 Å². The maximum absolute atomic E-state index is 5.77. The highest BCUT2D eigenvalue weighted by molar-refractivity contribution is 5.49. The van der Waals surface area contributed by atoms with Gasteiger partial charge in [0.1, 0.15) is 0 Å². The molecule has 2 aliphatic heterocycles. The molecule has 17 heavy (non-hydrogen) atoms. The van der Waals surface area contributed by atoms with Crippen molar-refractivity contribution in [1.82, 2.24) is 4.90 Å². The van der Waals surface area contributed by atoms with E-state index in [-0.39, 0.29) is 0 Å². The summed E-state index contributed by atoms with van der Waals surface area (Å²) < 4.78 is 11.0. The van der Waals surface area contributed by atoms with E-state index < -0.39 is 0 Å². The fourth-order valence-corrected chi connectivity index (χ4v) is 2.86. The van der Waals surface area contributed by atoms with Gasteiger partial charge in [0.2, 0.25) is 6.79 Å². The number of likely N-dealkylation sites (tertiary alicyclic amines) is 1. The summed E-state index contributed by atoms with van der Waals surface area (Å²) in [6, 6.07) is 6.53. The zero-order valence-corrected chi connectivity index (χ0v) is 10.1. The van der Waals surface area contributed by atoms with Crippen LogP contribution in [0.1, 0.15) is 18.0 Å². The first-order chi connectivity index (χ1) is 8.29. The molecule has 0 bridgehead atoms. The third-order valence-electron chi connectivity index (χ3n) is 3.75. The Labute approximate surface area is 101 Å². The predicted octanol–water partition coefficient (Wildman–Crippen LogP) is 1.37. The van der Waals surface area contributed by atoms with Gasteiger partial charge in [0, 0.05) is 18.2 Å². The zero-order valence-electron chi connectivity index (χ0n) is 10.1. The lowest BCUT2D eigenvalue weighted by Crippen LogP contribution is -2.20. The van der Waals surface area contributed by atoms with E-state index in [0.717, 1.165) is 31.0 Å². The summed E-state index contributed by atoms with van der Waals surface area (Å²) in [5.41, 5.74) is 7.00.